The van der Waals surface area contributed by atoms with Crippen molar-refractivity contribution in [2.45, 2.75) is 18.4 Å². The van der Waals surface area contributed by atoms with E-state index in [0.29, 0.717) is 5.75 Å². The fourth-order valence-corrected chi connectivity index (χ4v) is 1.90. The van der Waals surface area contributed by atoms with Gasteiger partial charge in [-0.15, -0.1) is 12.4 Å². The molecule has 4 nitrogen and oxygen atoms in total. The lowest BCUT2D eigenvalue weighted by molar-refractivity contribution is -0.123. The van der Waals surface area contributed by atoms with Crippen LogP contribution in [0.25, 0.3) is 0 Å². The molecule has 0 aromatic heterocycles. The first-order chi connectivity index (χ1) is 9.46. The molecule has 0 aliphatic carbocycles. The second-order valence-electron chi connectivity index (χ2n) is 4.59. The van der Waals surface area contributed by atoms with Crippen LogP contribution in [-0.4, -0.2) is 37.6 Å². The highest BCUT2D eigenvalue weighted by Crippen LogP contribution is 2.24. The molecule has 1 atom stereocenters. The maximum absolute atomic E-state index is 12.9. The molecule has 8 heteroatoms. The van der Waals surface area contributed by atoms with E-state index in [2.05, 4.69) is 10.6 Å². The quantitative estimate of drug-likeness (QED) is 0.811. The van der Waals surface area contributed by atoms with Crippen molar-refractivity contribution in [2.24, 2.45) is 0 Å². The summed E-state index contributed by atoms with van der Waals surface area (Å²) in [7, 11) is 0. The summed E-state index contributed by atoms with van der Waals surface area (Å²) in [5, 5.41) is 4.98. The molecule has 1 heterocycles. The van der Waals surface area contributed by atoms with E-state index in [9.17, 15) is 18.0 Å². The SMILES string of the molecule is Cl.O=C(NCCOc1ccc(F)cc1)C1CC(F)(F)CN1. The minimum absolute atomic E-state index is 0. The Morgan fingerprint density at radius 1 is 1.38 bits per heavy atom. The van der Waals surface area contributed by atoms with Crippen molar-refractivity contribution in [3.63, 3.8) is 0 Å². The average Bonchev–Trinajstić information content (AvgIpc) is 2.77. The van der Waals surface area contributed by atoms with Crippen LogP contribution in [0.1, 0.15) is 6.42 Å². The maximum Gasteiger partial charge on any atom is 0.262 e. The normalized spacial score (nSPS) is 19.7. The zero-order chi connectivity index (χ0) is 14.6. The van der Waals surface area contributed by atoms with Gasteiger partial charge >= 0.3 is 0 Å². The van der Waals surface area contributed by atoms with Crippen molar-refractivity contribution in [2.75, 3.05) is 19.7 Å². The van der Waals surface area contributed by atoms with E-state index in [-0.39, 0.29) is 31.4 Å². The number of carbonyl (C=O) groups is 1. The third-order valence-corrected chi connectivity index (χ3v) is 2.91. The summed E-state index contributed by atoms with van der Waals surface area (Å²) < 4.78 is 43.7. The zero-order valence-corrected chi connectivity index (χ0v) is 11.9. The van der Waals surface area contributed by atoms with Crippen LogP contribution in [0.2, 0.25) is 0 Å². The third-order valence-electron chi connectivity index (χ3n) is 2.91. The minimum atomic E-state index is -2.83. The van der Waals surface area contributed by atoms with Gasteiger partial charge in [-0.25, -0.2) is 13.2 Å². The van der Waals surface area contributed by atoms with E-state index in [4.69, 9.17) is 4.74 Å². The van der Waals surface area contributed by atoms with Crippen LogP contribution in [0.15, 0.2) is 24.3 Å². The van der Waals surface area contributed by atoms with Gasteiger partial charge in [-0.05, 0) is 24.3 Å². The molecule has 0 saturated carbocycles. The minimum Gasteiger partial charge on any atom is -0.492 e. The fraction of sp³-hybridized carbons (Fsp3) is 0.462. The van der Waals surface area contributed by atoms with E-state index >= 15 is 0 Å². The number of nitrogens with one attached hydrogen (secondary N) is 2. The standard InChI is InChI=1S/C13H15F3N2O2.ClH/c14-9-1-3-10(4-2-9)20-6-5-17-12(19)11-7-13(15,16)8-18-11;/h1-4,11,18H,5-8H2,(H,17,19);1H. The lowest BCUT2D eigenvalue weighted by Crippen LogP contribution is -2.41. The fourth-order valence-electron chi connectivity index (χ4n) is 1.90. The molecule has 1 saturated heterocycles. The number of amides is 1. The van der Waals surface area contributed by atoms with Crippen LogP contribution in [-0.2, 0) is 4.79 Å². The highest BCUT2D eigenvalue weighted by atomic mass is 35.5. The van der Waals surface area contributed by atoms with Crippen molar-refractivity contribution in [1.82, 2.24) is 10.6 Å². The summed E-state index contributed by atoms with van der Waals surface area (Å²) in [6.07, 6.45) is -0.488. The Morgan fingerprint density at radius 2 is 2.05 bits per heavy atom. The Bertz CT molecular complexity index is 471. The number of hydrogen-bond acceptors (Lipinski definition) is 3. The first-order valence-corrected chi connectivity index (χ1v) is 6.24. The van der Waals surface area contributed by atoms with Crippen LogP contribution in [0.4, 0.5) is 13.2 Å². The van der Waals surface area contributed by atoms with Gasteiger partial charge < -0.3 is 10.1 Å². The van der Waals surface area contributed by atoms with Crippen LogP contribution < -0.4 is 15.4 Å². The van der Waals surface area contributed by atoms with Gasteiger partial charge in [0, 0.05) is 6.42 Å². The molecule has 1 aromatic rings. The van der Waals surface area contributed by atoms with Crippen LogP contribution >= 0.6 is 12.4 Å². The molecular formula is C13H16ClF3N2O2. The smallest absolute Gasteiger partial charge is 0.262 e. The van der Waals surface area contributed by atoms with Crippen molar-refractivity contribution < 1.29 is 22.7 Å². The van der Waals surface area contributed by atoms with Gasteiger partial charge in [0.2, 0.25) is 5.91 Å². The predicted molar refractivity (Wildman–Crippen MR) is 73.5 cm³/mol. The zero-order valence-electron chi connectivity index (χ0n) is 11.1. The number of rotatable bonds is 5. The van der Waals surface area contributed by atoms with Gasteiger partial charge in [-0.3, -0.25) is 10.1 Å². The lowest BCUT2D eigenvalue weighted by Gasteiger charge is -2.11. The van der Waals surface area contributed by atoms with E-state index in [1.54, 1.807) is 0 Å². The molecule has 0 spiro atoms. The highest BCUT2D eigenvalue weighted by Gasteiger charge is 2.42. The number of carbonyl (C=O) groups excluding carboxylic acids is 1. The third kappa shape index (κ3) is 5.43. The maximum atomic E-state index is 12.9. The Labute approximate surface area is 126 Å². The summed E-state index contributed by atoms with van der Waals surface area (Å²) in [6, 6.07) is 4.60. The van der Waals surface area contributed by atoms with Crippen LogP contribution in [0, 0.1) is 5.82 Å². The molecule has 1 amide bonds. The molecule has 1 aromatic carbocycles. The number of benzene rings is 1. The number of halogens is 4. The summed E-state index contributed by atoms with van der Waals surface area (Å²) in [5.74, 6) is -3.18. The van der Waals surface area contributed by atoms with Crippen LogP contribution in [0.3, 0.4) is 0 Å². The summed E-state index contributed by atoms with van der Waals surface area (Å²) in [4.78, 5) is 11.6. The molecule has 0 bridgehead atoms. The van der Waals surface area contributed by atoms with Crippen molar-refractivity contribution in [3.05, 3.63) is 30.1 Å². The largest absolute Gasteiger partial charge is 0.492 e. The molecule has 1 unspecified atom stereocenters. The van der Waals surface area contributed by atoms with Gasteiger partial charge in [0.05, 0.1) is 19.1 Å². The molecule has 1 fully saturated rings. The number of alkyl halides is 2. The summed E-state index contributed by atoms with van der Waals surface area (Å²) in [5.41, 5.74) is 0. The topological polar surface area (TPSA) is 50.4 Å². The molecular weight excluding hydrogens is 309 g/mol. The number of ether oxygens (including phenoxy) is 1. The van der Waals surface area contributed by atoms with Gasteiger partial charge in [-0.1, -0.05) is 0 Å². The highest BCUT2D eigenvalue weighted by molar-refractivity contribution is 5.85. The van der Waals surface area contributed by atoms with Gasteiger partial charge in [0.25, 0.3) is 5.92 Å². The number of hydrogen-bond donors (Lipinski definition) is 2. The Balaban J connectivity index is 0.00000220. The van der Waals surface area contributed by atoms with Crippen molar-refractivity contribution in [3.8, 4) is 5.75 Å². The summed E-state index contributed by atoms with van der Waals surface area (Å²) in [6.45, 7) is -0.0996. The Morgan fingerprint density at radius 3 is 2.62 bits per heavy atom. The average molecular weight is 325 g/mol. The first kappa shape index (κ1) is 17.6. The molecule has 1 aliphatic heterocycles. The predicted octanol–water partition coefficient (Wildman–Crippen LogP) is 1.74. The Kier molecular flexibility index (Phi) is 6.29. The Hall–Kier alpha value is -1.47. The lowest BCUT2D eigenvalue weighted by atomic mass is 10.2. The van der Waals surface area contributed by atoms with Crippen molar-refractivity contribution >= 4 is 18.3 Å². The molecule has 2 rings (SSSR count). The van der Waals surface area contributed by atoms with E-state index < -0.39 is 30.8 Å². The van der Waals surface area contributed by atoms with Gasteiger partial charge in [0.1, 0.15) is 18.2 Å². The molecule has 2 N–H and O–H groups in total. The molecule has 0 radical (unpaired) electrons. The monoisotopic (exact) mass is 324 g/mol. The molecule has 21 heavy (non-hydrogen) atoms. The van der Waals surface area contributed by atoms with E-state index in [1.165, 1.54) is 24.3 Å². The van der Waals surface area contributed by atoms with Gasteiger partial charge in [-0.2, -0.15) is 0 Å². The first-order valence-electron chi connectivity index (χ1n) is 6.24. The van der Waals surface area contributed by atoms with E-state index in [1.807, 2.05) is 0 Å². The van der Waals surface area contributed by atoms with E-state index in [0.717, 1.165) is 0 Å². The second kappa shape index (κ2) is 7.51. The second-order valence-corrected chi connectivity index (χ2v) is 4.59. The molecule has 118 valence electrons. The molecule has 1 aliphatic rings. The van der Waals surface area contributed by atoms with Gasteiger partial charge in [0.15, 0.2) is 0 Å². The van der Waals surface area contributed by atoms with Crippen molar-refractivity contribution in [1.29, 1.82) is 0 Å². The van der Waals surface area contributed by atoms with Crippen LogP contribution in [0.5, 0.6) is 5.75 Å². The summed E-state index contributed by atoms with van der Waals surface area (Å²) >= 11 is 0.